The van der Waals surface area contributed by atoms with Crippen molar-refractivity contribution in [3.8, 4) is 0 Å². The smallest absolute Gasteiger partial charge is 0.0462 e. The fourth-order valence-corrected chi connectivity index (χ4v) is 1.68. The molecule has 1 heteroatoms. The number of aromatic amines is 1. The molecule has 0 spiro atoms. The Morgan fingerprint density at radius 1 is 1.23 bits per heavy atom. The van der Waals surface area contributed by atoms with Crippen molar-refractivity contribution < 1.29 is 0 Å². The number of allylic oxidation sites excluding steroid dienone is 1. The zero-order chi connectivity index (χ0) is 9.26. The second-order valence-corrected chi connectivity index (χ2v) is 3.21. The summed E-state index contributed by atoms with van der Waals surface area (Å²) in [6.45, 7) is 4.15. The second kappa shape index (κ2) is 3.09. The summed E-state index contributed by atoms with van der Waals surface area (Å²) in [5.74, 6) is 0. The average Bonchev–Trinajstić information content (AvgIpc) is 2.44. The van der Waals surface area contributed by atoms with Gasteiger partial charge in [-0.15, -0.1) is 0 Å². The lowest BCUT2D eigenvalue weighted by molar-refractivity contribution is 1.29. The summed E-state index contributed by atoms with van der Waals surface area (Å²) in [5, 5.41) is 1.30. The molecule has 0 saturated heterocycles. The van der Waals surface area contributed by atoms with E-state index in [9.17, 15) is 0 Å². The van der Waals surface area contributed by atoms with Crippen LogP contribution in [0.25, 0.3) is 17.0 Å². The number of para-hydroxylation sites is 1. The molecule has 0 saturated carbocycles. The Bertz CT molecular complexity index is 449. The van der Waals surface area contributed by atoms with Gasteiger partial charge in [0.1, 0.15) is 0 Å². The van der Waals surface area contributed by atoms with E-state index in [-0.39, 0.29) is 0 Å². The van der Waals surface area contributed by atoms with Crippen LogP contribution in [0.5, 0.6) is 0 Å². The first-order valence-electron chi connectivity index (χ1n) is 4.53. The van der Waals surface area contributed by atoms with Gasteiger partial charge in [0.05, 0.1) is 0 Å². The minimum absolute atomic E-state index is 1.22. The number of rotatable bonds is 1. The lowest BCUT2D eigenvalue weighted by Crippen LogP contribution is -1.72. The Hall–Kier alpha value is -1.50. The molecule has 13 heavy (non-hydrogen) atoms. The highest BCUT2D eigenvalue weighted by Gasteiger charge is 2.02. The molecule has 1 N–H and O–H groups in total. The van der Waals surface area contributed by atoms with Gasteiger partial charge in [0.25, 0.3) is 0 Å². The van der Waals surface area contributed by atoms with Gasteiger partial charge in [-0.1, -0.05) is 30.4 Å². The zero-order valence-electron chi connectivity index (χ0n) is 7.96. The molecule has 1 heterocycles. The maximum absolute atomic E-state index is 3.36. The molecule has 2 rings (SSSR count). The first-order chi connectivity index (χ1) is 6.33. The van der Waals surface area contributed by atoms with Gasteiger partial charge < -0.3 is 4.98 Å². The van der Waals surface area contributed by atoms with E-state index >= 15 is 0 Å². The predicted octanol–water partition coefficient (Wildman–Crippen LogP) is 3.51. The van der Waals surface area contributed by atoms with Crippen LogP contribution in [-0.2, 0) is 0 Å². The van der Waals surface area contributed by atoms with Crippen molar-refractivity contribution in [3.63, 3.8) is 0 Å². The summed E-state index contributed by atoms with van der Waals surface area (Å²) in [5.41, 5.74) is 3.76. The molecule has 0 aliphatic heterocycles. The molecule has 1 aromatic heterocycles. The van der Waals surface area contributed by atoms with Crippen molar-refractivity contribution in [1.29, 1.82) is 0 Å². The molecule has 0 aliphatic rings. The highest BCUT2D eigenvalue weighted by atomic mass is 14.7. The van der Waals surface area contributed by atoms with Crippen LogP contribution < -0.4 is 0 Å². The van der Waals surface area contributed by atoms with E-state index in [1.54, 1.807) is 0 Å². The van der Waals surface area contributed by atoms with E-state index < -0.39 is 0 Å². The number of aromatic nitrogens is 1. The fourth-order valence-electron chi connectivity index (χ4n) is 1.68. The molecule has 1 aromatic carbocycles. The molecule has 0 radical (unpaired) electrons. The number of H-pyrrole nitrogens is 1. The summed E-state index contributed by atoms with van der Waals surface area (Å²) in [6, 6.07) is 8.38. The van der Waals surface area contributed by atoms with E-state index in [2.05, 4.69) is 48.3 Å². The predicted molar refractivity (Wildman–Crippen MR) is 57.7 cm³/mol. The van der Waals surface area contributed by atoms with Gasteiger partial charge in [-0.25, -0.2) is 0 Å². The SMILES string of the molecule is C/C=C\c1c(C)[nH]c2ccccc12. The molecule has 0 unspecified atom stereocenters. The zero-order valence-corrected chi connectivity index (χ0v) is 7.96. The maximum atomic E-state index is 3.36. The normalized spacial score (nSPS) is 11.5. The number of fused-ring (bicyclic) bond motifs is 1. The summed E-state index contributed by atoms with van der Waals surface area (Å²) >= 11 is 0. The van der Waals surface area contributed by atoms with Crippen molar-refractivity contribution in [2.75, 3.05) is 0 Å². The molecule has 0 fully saturated rings. The van der Waals surface area contributed by atoms with Gasteiger partial charge >= 0.3 is 0 Å². The van der Waals surface area contributed by atoms with Crippen LogP contribution in [0.1, 0.15) is 18.2 Å². The Kier molecular flexibility index (Phi) is 1.93. The molecule has 1 nitrogen and oxygen atoms in total. The van der Waals surface area contributed by atoms with Crippen molar-refractivity contribution in [2.24, 2.45) is 0 Å². The number of aryl methyl sites for hydroxylation is 1. The summed E-state index contributed by atoms with van der Waals surface area (Å²) in [7, 11) is 0. The van der Waals surface area contributed by atoms with Gasteiger partial charge in [-0.2, -0.15) is 0 Å². The quantitative estimate of drug-likeness (QED) is 0.675. The molecule has 0 bridgehead atoms. The van der Waals surface area contributed by atoms with Crippen molar-refractivity contribution in [3.05, 3.63) is 41.6 Å². The van der Waals surface area contributed by atoms with E-state index in [1.807, 2.05) is 6.92 Å². The highest BCUT2D eigenvalue weighted by Crippen LogP contribution is 2.22. The molecule has 0 atom stereocenters. The standard InChI is InChI=1S/C12H13N/c1-3-6-10-9(2)13-12-8-5-4-7-11(10)12/h3-8,13H,1-2H3/b6-3-. The Labute approximate surface area is 78.1 Å². The Morgan fingerprint density at radius 2 is 2.00 bits per heavy atom. The van der Waals surface area contributed by atoms with E-state index in [1.165, 1.54) is 22.2 Å². The molecular weight excluding hydrogens is 158 g/mol. The molecular formula is C12H13N. The van der Waals surface area contributed by atoms with Crippen molar-refractivity contribution in [2.45, 2.75) is 13.8 Å². The van der Waals surface area contributed by atoms with Gasteiger partial charge in [-0.05, 0) is 19.9 Å². The van der Waals surface area contributed by atoms with Crippen LogP contribution >= 0.6 is 0 Å². The van der Waals surface area contributed by atoms with Crippen LogP contribution in [0.2, 0.25) is 0 Å². The van der Waals surface area contributed by atoms with E-state index in [0.717, 1.165) is 0 Å². The van der Waals surface area contributed by atoms with Crippen LogP contribution in [0.4, 0.5) is 0 Å². The van der Waals surface area contributed by atoms with Crippen molar-refractivity contribution >= 4 is 17.0 Å². The third kappa shape index (κ3) is 1.26. The van der Waals surface area contributed by atoms with Gasteiger partial charge in [0.15, 0.2) is 0 Å². The minimum atomic E-state index is 1.22. The van der Waals surface area contributed by atoms with Crippen LogP contribution in [0.3, 0.4) is 0 Å². The highest BCUT2D eigenvalue weighted by molar-refractivity contribution is 5.90. The van der Waals surface area contributed by atoms with Crippen LogP contribution in [0, 0.1) is 6.92 Å². The van der Waals surface area contributed by atoms with Crippen LogP contribution in [0.15, 0.2) is 30.3 Å². The summed E-state index contributed by atoms with van der Waals surface area (Å²) < 4.78 is 0. The largest absolute Gasteiger partial charge is 0.358 e. The van der Waals surface area contributed by atoms with Gasteiger partial charge in [0, 0.05) is 22.2 Å². The fraction of sp³-hybridized carbons (Fsp3) is 0.167. The molecule has 0 amide bonds. The topological polar surface area (TPSA) is 15.8 Å². The van der Waals surface area contributed by atoms with Gasteiger partial charge in [0.2, 0.25) is 0 Å². The number of hydrogen-bond donors (Lipinski definition) is 1. The first-order valence-corrected chi connectivity index (χ1v) is 4.53. The monoisotopic (exact) mass is 171 g/mol. The third-order valence-corrected chi connectivity index (χ3v) is 2.28. The molecule has 0 aliphatic carbocycles. The van der Waals surface area contributed by atoms with Crippen molar-refractivity contribution in [1.82, 2.24) is 4.98 Å². The minimum Gasteiger partial charge on any atom is -0.358 e. The Balaban J connectivity index is 2.78. The first kappa shape index (κ1) is 8.11. The van der Waals surface area contributed by atoms with E-state index in [0.29, 0.717) is 0 Å². The number of benzene rings is 1. The number of hydrogen-bond acceptors (Lipinski definition) is 0. The lowest BCUT2D eigenvalue weighted by Gasteiger charge is -1.90. The van der Waals surface area contributed by atoms with Gasteiger partial charge in [-0.3, -0.25) is 0 Å². The Morgan fingerprint density at radius 3 is 2.77 bits per heavy atom. The summed E-state index contributed by atoms with van der Waals surface area (Å²) in [4.78, 5) is 3.36. The second-order valence-electron chi connectivity index (χ2n) is 3.21. The lowest BCUT2D eigenvalue weighted by atomic mass is 10.1. The summed E-state index contributed by atoms with van der Waals surface area (Å²) in [6.07, 6.45) is 4.22. The van der Waals surface area contributed by atoms with Crippen LogP contribution in [-0.4, -0.2) is 4.98 Å². The molecule has 66 valence electrons. The van der Waals surface area contributed by atoms with E-state index in [4.69, 9.17) is 0 Å². The third-order valence-electron chi connectivity index (χ3n) is 2.28. The maximum Gasteiger partial charge on any atom is 0.0462 e. The molecule has 2 aromatic rings. The number of nitrogens with one attached hydrogen (secondary N) is 1. The average molecular weight is 171 g/mol.